The first-order valence-corrected chi connectivity index (χ1v) is 8.22. The van der Waals surface area contributed by atoms with E-state index in [0.29, 0.717) is 23.8 Å². The van der Waals surface area contributed by atoms with Gasteiger partial charge < -0.3 is 10.2 Å². The van der Waals surface area contributed by atoms with Gasteiger partial charge in [-0.2, -0.15) is 0 Å². The minimum Gasteiger partial charge on any atom is -0.335 e. The zero-order valence-corrected chi connectivity index (χ0v) is 13.1. The molecular weight excluding hydrogens is 260 g/mol. The van der Waals surface area contributed by atoms with Gasteiger partial charge in [-0.25, -0.2) is 0 Å². The van der Waals surface area contributed by atoms with E-state index < -0.39 is 0 Å². The Morgan fingerprint density at radius 3 is 2.38 bits per heavy atom. The van der Waals surface area contributed by atoms with E-state index in [9.17, 15) is 4.79 Å². The van der Waals surface area contributed by atoms with E-state index in [1.54, 1.807) is 0 Å². The van der Waals surface area contributed by atoms with Crippen LogP contribution < -0.4 is 5.32 Å². The Balaban J connectivity index is 1.73. The quantitative estimate of drug-likeness (QED) is 0.872. The van der Waals surface area contributed by atoms with E-state index in [0.717, 1.165) is 19.6 Å². The fraction of sp³-hybridized carbons (Fsp3) is 0.611. The molecule has 21 heavy (non-hydrogen) atoms. The standard InChI is InChI=1S/C18H26N2O/c1-13(17-10-19-11-17)18(21)20(14(2)16-8-9-16)12-15-6-4-3-5-7-15/h3-7,13-14,16-17,19H,8-12H2,1-2H3. The van der Waals surface area contributed by atoms with Gasteiger partial charge in [-0.3, -0.25) is 4.79 Å². The van der Waals surface area contributed by atoms with Crippen LogP contribution in [0.1, 0.15) is 32.3 Å². The molecule has 1 saturated carbocycles. The van der Waals surface area contributed by atoms with Gasteiger partial charge in [0.25, 0.3) is 0 Å². The summed E-state index contributed by atoms with van der Waals surface area (Å²) in [5, 5.41) is 3.28. The van der Waals surface area contributed by atoms with E-state index >= 15 is 0 Å². The van der Waals surface area contributed by atoms with Crippen molar-refractivity contribution in [3.05, 3.63) is 35.9 Å². The van der Waals surface area contributed by atoms with Crippen LogP contribution in [0.25, 0.3) is 0 Å². The molecule has 1 N–H and O–H groups in total. The molecule has 1 aliphatic heterocycles. The molecule has 2 unspecified atom stereocenters. The molecule has 2 fully saturated rings. The molecule has 0 spiro atoms. The Kier molecular flexibility index (Phi) is 4.29. The Hall–Kier alpha value is -1.35. The van der Waals surface area contributed by atoms with Gasteiger partial charge in [-0.15, -0.1) is 0 Å². The topological polar surface area (TPSA) is 32.3 Å². The minimum absolute atomic E-state index is 0.135. The van der Waals surface area contributed by atoms with E-state index in [2.05, 4.69) is 48.3 Å². The van der Waals surface area contributed by atoms with Crippen LogP contribution in [-0.4, -0.2) is 29.9 Å². The molecular formula is C18H26N2O. The summed E-state index contributed by atoms with van der Waals surface area (Å²) < 4.78 is 0. The van der Waals surface area contributed by atoms with Gasteiger partial charge in [-0.05, 0) is 50.3 Å². The van der Waals surface area contributed by atoms with Crippen LogP contribution in [0.5, 0.6) is 0 Å². The molecule has 3 rings (SSSR count). The van der Waals surface area contributed by atoms with Crippen LogP contribution in [0, 0.1) is 17.8 Å². The highest BCUT2D eigenvalue weighted by Crippen LogP contribution is 2.36. The molecule has 2 aliphatic rings. The average molecular weight is 286 g/mol. The maximum atomic E-state index is 13.0. The average Bonchev–Trinajstić information content (AvgIpc) is 3.27. The molecule has 2 atom stereocenters. The highest BCUT2D eigenvalue weighted by atomic mass is 16.2. The summed E-state index contributed by atoms with van der Waals surface area (Å²) in [6.45, 7) is 7.06. The monoisotopic (exact) mass is 286 g/mol. The summed E-state index contributed by atoms with van der Waals surface area (Å²) in [5.74, 6) is 1.70. The molecule has 3 nitrogen and oxygen atoms in total. The van der Waals surface area contributed by atoms with E-state index in [4.69, 9.17) is 0 Å². The van der Waals surface area contributed by atoms with Crippen LogP contribution in [0.4, 0.5) is 0 Å². The first-order valence-electron chi connectivity index (χ1n) is 8.22. The second-order valence-corrected chi connectivity index (χ2v) is 6.74. The molecule has 114 valence electrons. The number of nitrogens with one attached hydrogen (secondary N) is 1. The number of benzene rings is 1. The van der Waals surface area contributed by atoms with Gasteiger partial charge in [-0.1, -0.05) is 37.3 Å². The van der Waals surface area contributed by atoms with Crippen molar-refractivity contribution in [2.24, 2.45) is 17.8 Å². The SMILES string of the molecule is CC(C(=O)N(Cc1ccccc1)C(C)C1CC1)C1CNC1. The van der Waals surface area contributed by atoms with Crippen LogP contribution in [0.2, 0.25) is 0 Å². The van der Waals surface area contributed by atoms with Crippen molar-refractivity contribution in [3.63, 3.8) is 0 Å². The van der Waals surface area contributed by atoms with Gasteiger partial charge in [0.05, 0.1) is 0 Å². The van der Waals surface area contributed by atoms with E-state index in [1.165, 1.54) is 18.4 Å². The summed E-state index contributed by atoms with van der Waals surface area (Å²) >= 11 is 0. The van der Waals surface area contributed by atoms with Crippen molar-refractivity contribution < 1.29 is 4.79 Å². The summed E-state index contributed by atoms with van der Waals surface area (Å²) in [4.78, 5) is 15.1. The van der Waals surface area contributed by atoms with Gasteiger partial charge in [0.1, 0.15) is 0 Å². The summed E-state index contributed by atoms with van der Waals surface area (Å²) in [6.07, 6.45) is 2.55. The van der Waals surface area contributed by atoms with Crippen molar-refractivity contribution >= 4 is 5.91 Å². The van der Waals surface area contributed by atoms with Crippen molar-refractivity contribution in [2.75, 3.05) is 13.1 Å². The first-order chi connectivity index (χ1) is 10.2. The maximum absolute atomic E-state index is 13.0. The predicted octanol–water partition coefficient (Wildman–Crippen LogP) is 2.67. The van der Waals surface area contributed by atoms with Crippen LogP contribution in [0.15, 0.2) is 30.3 Å². The lowest BCUT2D eigenvalue weighted by molar-refractivity contribution is -0.140. The Morgan fingerprint density at radius 1 is 1.19 bits per heavy atom. The number of nitrogens with zero attached hydrogens (tertiary/aromatic N) is 1. The molecule has 0 radical (unpaired) electrons. The van der Waals surface area contributed by atoms with Gasteiger partial charge >= 0.3 is 0 Å². The molecule has 1 amide bonds. The minimum atomic E-state index is 0.135. The zero-order valence-electron chi connectivity index (χ0n) is 13.1. The van der Waals surface area contributed by atoms with E-state index in [-0.39, 0.29) is 5.92 Å². The second kappa shape index (κ2) is 6.18. The normalized spacial score (nSPS) is 21.4. The molecule has 0 bridgehead atoms. The maximum Gasteiger partial charge on any atom is 0.226 e. The third-order valence-corrected chi connectivity index (χ3v) is 5.18. The van der Waals surface area contributed by atoms with Crippen molar-refractivity contribution in [3.8, 4) is 0 Å². The Bertz CT molecular complexity index is 479. The summed E-state index contributed by atoms with van der Waals surface area (Å²) in [5.41, 5.74) is 1.23. The fourth-order valence-electron chi connectivity index (χ4n) is 3.16. The third-order valence-electron chi connectivity index (χ3n) is 5.18. The number of amides is 1. The third kappa shape index (κ3) is 3.29. The van der Waals surface area contributed by atoms with Crippen LogP contribution >= 0.6 is 0 Å². The van der Waals surface area contributed by atoms with Crippen LogP contribution in [-0.2, 0) is 11.3 Å². The smallest absolute Gasteiger partial charge is 0.226 e. The molecule has 1 saturated heterocycles. The molecule has 1 heterocycles. The lowest BCUT2D eigenvalue weighted by Crippen LogP contribution is -2.52. The van der Waals surface area contributed by atoms with Crippen molar-refractivity contribution in [1.82, 2.24) is 10.2 Å². The number of carbonyl (C=O) groups is 1. The van der Waals surface area contributed by atoms with Gasteiger partial charge in [0.2, 0.25) is 5.91 Å². The molecule has 1 aromatic carbocycles. The molecule has 3 heteroatoms. The highest BCUT2D eigenvalue weighted by molar-refractivity contribution is 5.79. The van der Waals surface area contributed by atoms with Gasteiger partial charge in [0, 0.05) is 18.5 Å². The largest absolute Gasteiger partial charge is 0.335 e. The number of rotatable bonds is 6. The van der Waals surface area contributed by atoms with E-state index in [1.807, 2.05) is 6.07 Å². The highest BCUT2D eigenvalue weighted by Gasteiger charge is 2.38. The summed E-state index contributed by atoms with van der Waals surface area (Å²) in [6, 6.07) is 10.7. The zero-order chi connectivity index (χ0) is 14.8. The van der Waals surface area contributed by atoms with Crippen molar-refractivity contribution in [1.29, 1.82) is 0 Å². The first kappa shape index (κ1) is 14.6. The number of carbonyl (C=O) groups excluding carboxylic acids is 1. The fourth-order valence-corrected chi connectivity index (χ4v) is 3.16. The lowest BCUT2D eigenvalue weighted by Gasteiger charge is -2.37. The Labute approximate surface area is 127 Å². The molecule has 0 aromatic heterocycles. The number of hydrogen-bond acceptors (Lipinski definition) is 2. The Morgan fingerprint density at radius 2 is 1.86 bits per heavy atom. The summed E-state index contributed by atoms with van der Waals surface area (Å²) in [7, 11) is 0. The van der Waals surface area contributed by atoms with Gasteiger partial charge in [0.15, 0.2) is 0 Å². The predicted molar refractivity (Wildman–Crippen MR) is 84.7 cm³/mol. The van der Waals surface area contributed by atoms with Crippen LogP contribution in [0.3, 0.4) is 0 Å². The lowest BCUT2D eigenvalue weighted by atomic mass is 9.87. The number of hydrogen-bond donors (Lipinski definition) is 1. The molecule has 1 aromatic rings. The van der Waals surface area contributed by atoms with Crippen molar-refractivity contribution in [2.45, 2.75) is 39.3 Å². The molecule has 1 aliphatic carbocycles. The second-order valence-electron chi connectivity index (χ2n) is 6.74.